The van der Waals surface area contributed by atoms with Gasteiger partial charge in [-0.05, 0) is 52.0 Å². The largest absolute Gasteiger partial charge is 0.496 e. The third-order valence-corrected chi connectivity index (χ3v) is 6.40. The van der Waals surface area contributed by atoms with E-state index in [2.05, 4.69) is 9.71 Å². The van der Waals surface area contributed by atoms with E-state index in [0.29, 0.717) is 11.5 Å². The van der Waals surface area contributed by atoms with Crippen LogP contribution in [0.5, 0.6) is 5.88 Å². The van der Waals surface area contributed by atoms with E-state index in [4.69, 9.17) is 14.0 Å². The zero-order valence-electron chi connectivity index (χ0n) is 16.6. The summed E-state index contributed by atoms with van der Waals surface area (Å²) in [5.41, 5.74) is -0.719. The number of pyridine rings is 1. The first-order valence-corrected chi connectivity index (χ1v) is 10.2. The molecule has 0 saturated carbocycles. The van der Waals surface area contributed by atoms with Crippen molar-refractivity contribution in [2.24, 2.45) is 0 Å². The molecular weight excluding hydrogens is 405 g/mol. The highest BCUT2D eigenvalue weighted by Crippen LogP contribution is 2.37. The molecule has 0 unspecified atom stereocenters. The molecule has 1 aliphatic heterocycles. The normalized spacial score (nSPS) is 18.0. The molecule has 0 spiro atoms. The molecule has 1 aromatic heterocycles. The average molecular weight is 426 g/mol. The molecule has 156 valence electrons. The third-order valence-electron chi connectivity index (χ3n) is 5.04. The van der Waals surface area contributed by atoms with Gasteiger partial charge in [0.2, 0.25) is 5.88 Å². The molecule has 0 radical (unpaired) electrons. The smallest absolute Gasteiger partial charge is 0.480 e. The number of benzene rings is 1. The number of sulfonamides is 1. The Bertz CT molecular complexity index is 1030. The maximum Gasteiger partial charge on any atom is 0.496 e. The van der Waals surface area contributed by atoms with E-state index >= 15 is 0 Å². The van der Waals surface area contributed by atoms with Crippen LogP contribution in [-0.4, -0.2) is 38.8 Å². The fraction of sp³-hybridized carbons (Fsp3) is 0.389. The van der Waals surface area contributed by atoms with Crippen molar-refractivity contribution in [1.29, 1.82) is 0 Å². The minimum Gasteiger partial charge on any atom is -0.480 e. The van der Waals surface area contributed by atoms with Crippen molar-refractivity contribution >= 4 is 28.3 Å². The Hall–Kier alpha value is -2.24. The molecule has 11 heteroatoms. The Kier molecular flexibility index (Phi) is 5.35. The van der Waals surface area contributed by atoms with Gasteiger partial charge in [0.25, 0.3) is 10.0 Å². The van der Waals surface area contributed by atoms with Gasteiger partial charge in [-0.3, -0.25) is 4.72 Å². The fourth-order valence-electron chi connectivity index (χ4n) is 2.66. The van der Waals surface area contributed by atoms with Gasteiger partial charge in [-0.1, -0.05) is 0 Å². The minimum absolute atomic E-state index is 0.00331. The Balaban J connectivity index is 1.95. The molecule has 2 heterocycles. The summed E-state index contributed by atoms with van der Waals surface area (Å²) in [5, 5.41) is 0. The zero-order valence-corrected chi connectivity index (χ0v) is 17.4. The first-order valence-electron chi connectivity index (χ1n) is 8.74. The number of nitrogens with one attached hydrogen (secondary N) is 1. The molecule has 3 rings (SSSR count). The van der Waals surface area contributed by atoms with Gasteiger partial charge in [-0.25, -0.2) is 22.2 Å². The first kappa shape index (κ1) is 21.5. The monoisotopic (exact) mass is 426 g/mol. The number of ether oxygens (including phenoxy) is 1. The molecular formula is C18H21BF2N2O5S. The molecule has 7 nitrogen and oxygen atoms in total. The van der Waals surface area contributed by atoms with Crippen LogP contribution in [-0.2, 0) is 19.3 Å². The molecule has 1 fully saturated rings. The van der Waals surface area contributed by atoms with E-state index < -0.39 is 44.9 Å². The summed E-state index contributed by atoms with van der Waals surface area (Å²) < 4.78 is 71.2. The van der Waals surface area contributed by atoms with Gasteiger partial charge in [-0.2, -0.15) is 0 Å². The van der Waals surface area contributed by atoms with Crippen molar-refractivity contribution in [3.8, 4) is 5.88 Å². The molecule has 0 amide bonds. The Morgan fingerprint density at radius 2 is 1.69 bits per heavy atom. The van der Waals surface area contributed by atoms with Crippen molar-refractivity contribution in [3.05, 3.63) is 42.1 Å². The lowest BCUT2D eigenvalue weighted by molar-refractivity contribution is 0.00578. The maximum atomic E-state index is 13.5. The topological polar surface area (TPSA) is 86.8 Å². The van der Waals surface area contributed by atoms with Crippen LogP contribution < -0.4 is 14.9 Å². The number of rotatable bonds is 5. The van der Waals surface area contributed by atoms with Crippen molar-refractivity contribution < 1.29 is 31.2 Å². The summed E-state index contributed by atoms with van der Waals surface area (Å²) in [4.78, 5) is 3.66. The molecule has 0 atom stereocenters. The highest BCUT2D eigenvalue weighted by molar-refractivity contribution is 7.92. The van der Waals surface area contributed by atoms with Gasteiger partial charge in [0, 0.05) is 11.7 Å². The van der Waals surface area contributed by atoms with Crippen molar-refractivity contribution in [1.82, 2.24) is 4.98 Å². The van der Waals surface area contributed by atoms with Gasteiger partial charge in [0.1, 0.15) is 5.69 Å². The van der Waals surface area contributed by atoms with Crippen LogP contribution >= 0.6 is 0 Å². The summed E-state index contributed by atoms with van der Waals surface area (Å²) in [6.07, 6.45) is 1.45. The van der Waals surface area contributed by atoms with Gasteiger partial charge >= 0.3 is 7.12 Å². The lowest BCUT2D eigenvalue weighted by Crippen LogP contribution is -2.41. The highest BCUT2D eigenvalue weighted by atomic mass is 32.2. The van der Waals surface area contributed by atoms with Crippen LogP contribution in [0.2, 0.25) is 0 Å². The van der Waals surface area contributed by atoms with Crippen molar-refractivity contribution in [2.45, 2.75) is 43.8 Å². The van der Waals surface area contributed by atoms with Crippen LogP contribution in [0.3, 0.4) is 0 Å². The van der Waals surface area contributed by atoms with Crippen molar-refractivity contribution in [3.63, 3.8) is 0 Å². The standard InChI is InChI=1S/C18H21BF2N2O5S/c1-17(2)18(3,4)28-19(27-17)11-8-15(16(26-5)22-10-11)23-29(24,25)12-6-7-13(20)14(21)9-12/h6-10,23H,1-5H3. The number of nitrogens with zero attached hydrogens (tertiary/aromatic N) is 1. The second-order valence-corrected chi connectivity index (χ2v) is 9.28. The van der Waals surface area contributed by atoms with E-state index in [1.54, 1.807) is 0 Å². The fourth-order valence-corrected chi connectivity index (χ4v) is 3.72. The predicted octanol–water partition coefficient (Wildman–Crippen LogP) is 2.47. The van der Waals surface area contributed by atoms with Gasteiger partial charge in [0.05, 0.1) is 23.2 Å². The maximum absolute atomic E-state index is 13.5. The van der Waals surface area contributed by atoms with E-state index in [1.165, 1.54) is 19.4 Å². The summed E-state index contributed by atoms with van der Waals surface area (Å²) in [6, 6.07) is 3.75. The summed E-state index contributed by atoms with van der Waals surface area (Å²) in [6.45, 7) is 7.54. The van der Waals surface area contributed by atoms with E-state index in [9.17, 15) is 17.2 Å². The minimum atomic E-state index is -4.23. The number of methoxy groups -OCH3 is 1. The quantitative estimate of drug-likeness (QED) is 0.740. The average Bonchev–Trinajstić information content (AvgIpc) is 2.84. The molecule has 0 bridgehead atoms. The molecule has 2 aromatic rings. The lowest BCUT2D eigenvalue weighted by Gasteiger charge is -2.32. The van der Waals surface area contributed by atoms with Crippen LogP contribution in [0, 0.1) is 11.6 Å². The molecule has 1 aromatic carbocycles. The highest BCUT2D eigenvalue weighted by Gasteiger charge is 2.52. The number of hydrogen-bond acceptors (Lipinski definition) is 6. The number of anilines is 1. The Morgan fingerprint density at radius 3 is 2.24 bits per heavy atom. The second-order valence-electron chi connectivity index (χ2n) is 7.60. The van der Waals surface area contributed by atoms with E-state index in [1.807, 2.05) is 27.7 Å². The summed E-state index contributed by atoms with van der Waals surface area (Å²) >= 11 is 0. The van der Waals surface area contributed by atoms with Crippen LogP contribution in [0.1, 0.15) is 27.7 Å². The van der Waals surface area contributed by atoms with E-state index in [-0.39, 0.29) is 11.6 Å². The van der Waals surface area contributed by atoms with Crippen molar-refractivity contribution in [2.75, 3.05) is 11.8 Å². The number of hydrogen-bond donors (Lipinski definition) is 1. The summed E-state index contributed by atoms with van der Waals surface area (Å²) in [5.74, 6) is -2.42. The van der Waals surface area contributed by atoms with Crippen LogP contribution in [0.4, 0.5) is 14.5 Å². The van der Waals surface area contributed by atoms with E-state index in [0.717, 1.165) is 12.1 Å². The van der Waals surface area contributed by atoms with Gasteiger partial charge in [0.15, 0.2) is 11.6 Å². The van der Waals surface area contributed by atoms with Crippen LogP contribution in [0.25, 0.3) is 0 Å². The second kappa shape index (κ2) is 7.23. The summed E-state index contributed by atoms with van der Waals surface area (Å²) in [7, 11) is -3.68. The molecule has 1 N–H and O–H groups in total. The Labute approximate surface area is 168 Å². The molecule has 0 aliphatic carbocycles. The van der Waals surface area contributed by atoms with Gasteiger partial charge in [-0.15, -0.1) is 0 Å². The van der Waals surface area contributed by atoms with Gasteiger partial charge < -0.3 is 14.0 Å². The number of aromatic nitrogens is 1. The lowest BCUT2D eigenvalue weighted by atomic mass is 9.80. The molecule has 1 saturated heterocycles. The zero-order chi connectivity index (χ0) is 21.6. The SMILES string of the molecule is COc1ncc(B2OC(C)(C)C(C)(C)O2)cc1NS(=O)(=O)c1ccc(F)c(F)c1. The predicted molar refractivity (Wildman–Crippen MR) is 104 cm³/mol. The number of halogens is 2. The third kappa shape index (κ3) is 4.07. The molecule has 1 aliphatic rings. The first-order chi connectivity index (χ1) is 13.4. The molecule has 29 heavy (non-hydrogen) atoms. The van der Waals surface area contributed by atoms with Crippen LogP contribution in [0.15, 0.2) is 35.4 Å². The Morgan fingerprint density at radius 1 is 1.07 bits per heavy atom.